The SMILES string of the molecule is Cc1sc(C)c(P(c2ccccc2)c2ccccc2)c1-c1c(C)sc(C)c1P(c1ccccc1)c1ccccc1.Cc1sc(C)c(P(c2ccccc2)c2ccccc2)c1-c1c(C)sc(C)c1P(c1ccccc1)c1ccccc1. The van der Waals surface area contributed by atoms with Gasteiger partial charge in [0.05, 0.1) is 0 Å². The van der Waals surface area contributed by atoms with Crippen molar-refractivity contribution in [3.63, 3.8) is 0 Å². The Kier molecular flexibility index (Phi) is 18.0. The van der Waals surface area contributed by atoms with E-state index in [2.05, 4.69) is 298 Å². The van der Waals surface area contributed by atoms with E-state index in [1.807, 2.05) is 45.3 Å². The Morgan fingerprint density at radius 3 is 0.425 bits per heavy atom. The summed E-state index contributed by atoms with van der Waals surface area (Å²) in [4.78, 5) is 11.4. The van der Waals surface area contributed by atoms with E-state index in [1.165, 1.54) is 125 Å². The van der Waals surface area contributed by atoms with E-state index in [0.29, 0.717) is 0 Å². The number of rotatable bonds is 14. The Morgan fingerprint density at radius 2 is 0.300 bits per heavy atom. The van der Waals surface area contributed by atoms with Gasteiger partial charge in [-0.3, -0.25) is 0 Å². The third-order valence-electron chi connectivity index (χ3n) is 14.4. The van der Waals surface area contributed by atoms with Gasteiger partial charge in [0, 0.05) is 82.5 Å². The Balaban J connectivity index is 0.000000169. The third-order valence-corrected chi connectivity index (χ3v) is 29.7. The minimum absolute atomic E-state index is 0.711. The highest BCUT2D eigenvalue weighted by Crippen LogP contribution is 2.50. The molecule has 0 aliphatic carbocycles. The summed E-state index contributed by atoms with van der Waals surface area (Å²) < 4.78 is 0. The van der Waals surface area contributed by atoms with E-state index in [1.54, 1.807) is 0 Å². The van der Waals surface area contributed by atoms with Crippen LogP contribution in [-0.2, 0) is 0 Å². The molecule has 4 aromatic heterocycles. The maximum absolute atomic E-state index is 2.34. The summed E-state index contributed by atoms with van der Waals surface area (Å²) in [5.74, 6) is 0. The molecule has 0 radical (unpaired) electrons. The molecule has 0 atom stereocenters. The molecular weight excluding hydrogens is 1120 g/mol. The van der Waals surface area contributed by atoms with Crippen LogP contribution in [0.4, 0.5) is 0 Å². The molecule has 8 aromatic carbocycles. The van der Waals surface area contributed by atoms with Crippen LogP contribution in [0.25, 0.3) is 22.3 Å². The van der Waals surface area contributed by atoms with E-state index in [9.17, 15) is 0 Å². The monoisotopic (exact) mass is 1180 g/mol. The van der Waals surface area contributed by atoms with E-state index in [-0.39, 0.29) is 0 Å². The first-order valence-electron chi connectivity index (χ1n) is 27.1. The molecular formula is C72H64P4S4. The van der Waals surface area contributed by atoms with Gasteiger partial charge in [-0.2, -0.15) is 0 Å². The lowest BCUT2D eigenvalue weighted by Gasteiger charge is -2.25. The van der Waals surface area contributed by atoms with Crippen LogP contribution in [0.2, 0.25) is 0 Å². The average Bonchev–Trinajstić information content (AvgIpc) is 4.20. The molecule has 12 rings (SSSR count). The first kappa shape index (κ1) is 56.2. The molecule has 0 saturated heterocycles. The predicted octanol–water partition coefficient (Wildman–Crippen LogP) is 16.5. The number of benzene rings is 8. The van der Waals surface area contributed by atoms with Crippen molar-refractivity contribution in [3.8, 4) is 22.3 Å². The van der Waals surface area contributed by atoms with Crippen LogP contribution in [0.5, 0.6) is 0 Å². The van der Waals surface area contributed by atoms with Gasteiger partial charge in [-0.15, -0.1) is 45.3 Å². The molecule has 80 heavy (non-hydrogen) atoms. The molecule has 0 amide bonds. The van der Waals surface area contributed by atoms with E-state index >= 15 is 0 Å². The lowest BCUT2D eigenvalue weighted by Crippen LogP contribution is -2.26. The fraction of sp³-hybridized carbons (Fsp3) is 0.111. The molecule has 0 fully saturated rings. The van der Waals surface area contributed by atoms with Gasteiger partial charge in [-0.05, 0) is 130 Å². The molecule has 0 saturated carbocycles. The lowest BCUT2D eigenvalue weighted by atomic mass is 10.1. The van der Waals surface area contributed by atoms with Crippen LogP contribution in [0.3, 0.4) is 0 Å². The second-order valence-corrected chi connectivity index (χ2v) is 34.1. The largest absolute Gasteiger partial charge is 0.145 e. The van der Waals surface area contributed by atoms with Crippen molar-refractivity contribution in [2.45, 2.75) is 55.4 Å². The molecule has 0 aliphatic rings. The number of aryl methyl sites for hydroxylation is 8. The fourth-order valence-electron chi connectivity index (χ4n) is 11.2. The maximum Gasteiger partial charge on any atom is 0.0107 e. The van der Waals surface area contributed by atoms with Gasteiger partial charge in [0.25, 0.3) is 0 Å². The molecule has 396 valence electrons. The van der Waals surface area contributed by atoms with Gasteiger partial charge in [0.15, 0.2) is 0 Å². The Labute approximate surface area is 496 Å². The Bertz CT molecular complexity index is 3280. The van der Waals surface area contributed by atoms with Crippen molar-refractivity contribution in [2.24, 2.45) is 0 Å². The van der Waals surface area contributed by atoms with E-state index in [0.717, 1.165) is 0 Å². The number of hydrogen-bond acceptors (Lipinski definition) is 4. The fourth-order valence-corrected chi connectivity index (χ4v) is 27.3. The summed E-state index contributed by atoms with van der Waals surface area (Å²) in [5.41, 5.74) is 5.88. The van der Waals surface area contributed by atoms with Crippen LogP contribution in [0.1, 0.15) is 39.0 Å². The number of thiophene rings is 4. The van der Waals surface area contributed by atoms with E-state index in [4.69, 9.17) is 0 Å². The molecule has 0 bridgehead atoms. The normalized spacial score (nSPS) is 11.4. The standard InChI is InChI=1S/2C36H32P2S2/c2*1-25-33(35(27(3)39-25)37(29-17-9-5-10-18-29)30-19-11-6-12-20-30)34-26(2)40-28(4)36(34)38(31-21-13-7-14-22-31)32-23-15-8-16-24-32/h2*5-24H,1-4H3. The van der Waals surface area contributed by atoms with Crippen LogP contribution < -0.4 is 63.7 Å². The number of hydrogen-bond donors (Lipinski definition) is 0. The zero-order chi connectivity index (χ0) is 55.3. The summed E-state index contributed by atoms with van der Waals surface area (Å²) in [6.45, 7) is 18.7. The molecule has 0 spiro atoms. The highest BCUT2D eigenvalue weighted by Gasteiger charge is 2.34. The van der Waals surface area contributed by atoms with Gasteiger partial charge in [-0.25, -0.2) is 0 Å². The molecule has 0 aliphatic heterocycles. The molecule has 12 aromatic rings. The first-order valence-corrected chi connectivity index (χ1v) is 35.7. The summed E-state index contributed by atoms with van der Waals surface area (Å²) >= 11 is 7.87. The lowest BCUT2D eigenvalue weighted by molar-refractivity contribution is 1.57. The molecule has 0 unspecified atom stereocenters. The Hall–Kier alpha value is -5.72. The van der Waals surface area contributed by atoms with E-state index < -0.39 is 31.7 Å². The van der Waals surface area contributed by atoms with Gasteiger partial charge < -0.3 is 0 Å². The molecule has 4 heterocycles. The zero-order valence-corrected chi connectivity index (χ0v) is 53.4. The summed E-state index contributed by atoms with van der Waals surface area (Å²) in [5, 5.41) is 17.3. The second-order valence-electron chi connectivity index (χ2n) is 19.8. The average molecular weight is 1180 g/mol. The van der Waals surface area contributed by atoms with Crippen molar-refractivity contribution < 1.29 is 0 Å². The van der Waals surface area contributed by atoms with Crippen molar-refractivity contribution >= 4 is 141 Å². The van der Waals surface area contributed by atoms with Crippen LogP contribution in [-0.4, -0.2) is 0 Å². The first-order chi connectivity index (χ1) is 39.1. The van der Waals surface area contributed by atoms with Gasteiger partial charge in [0.2, 0.25) is 0 Å². The quantitative estimate of drug-likeness (QED) is 0.0952. The highest BCUT2D eigenvalue weighted by molar-refractivity contribution is 7.82. The predicted molar refractivity (Wildman–Crippen MR) is 368 cm³/mol. The molecule has 0 N–H and O–H groups in total. The summed E-state index contributed by atoms with van der Waals surface area (Å²) in [6, 6.07) is 89.3. The molecule has 0 nitrogen and oxygen atoms in total. The summed E-state index contributed by atoms with van der Waals surface area (Å²) in [7, 11) is -2.85. The van der Waals surface area contributed by atoms with Gasteiger partial charge in [-0.1, -0.05) is 243 Å². The van der Waals surface area contributed by atoms with Crippen LogP contribution >= 0.6 is 77.0 Å². The van der Waals surface area contributed by atoms with Gasteiger partial charge >= 0.3 is 0 Å². The van der Waals surface area contributed by atoms with Crippen molar-refractivity contribution in [2.75, 3.05) is 0 Å². The third kappa shape index (κ3) is 11.6. The maximum atomic E-state index is 2.34. The van der Waals surface area contributed by atoms with Crippen molar-refractivity contribution in [1.82, 2.24) is 0 Å². The minimum Gasteiger partial charge on any atom is -0.145 e. The van der Waals surface area contributed by atoms with Crippen molar-refractivity contribution in [3.05, 3.63) is 282 Å². The Morgan fingerprint density at radius 1 is 0.175 bits per heavy atom. The van der Waals surface area contributed by atoms with Crippen molar-refractivity contribution in [1.29, 1.82) is 0 Å². The summed E-state index contributed by atoms with van der Waals surface area (Å²) in [6.07, 6.45) is 0. The smallest absolute Gasteiger partial charge is 0.0107 e. The minimum atomic E-state index is -0.711. The zero-order valence-electron chi connectivity index (χ0n) is 46.5. The highest BCUT2D eigenvalue weighted by atomic mass is 32.1. The second kappa shape index (κ2) is 25.6. The van der Waals surface area contributed by atoms with Gasteiger partial charge in [0.1, 0.15) is 0 Å². The van der Waals surface area contributed by atoms with Crippen LogP contribution in [0.15, 0.2) is 243 Å². The van der Waals surface area contributed by atoms with Crippen LogP contribution in [0, 0.1) is 55.4 Å². The molecule has 8 heteroatoms. The topological polar surface area (TPSA) is 0 Å².